The molecule has 0 aliphatic heterocycles. The van der Waals surface area contributed by atoms with Crippen molar-refractivity contribution in [3.63, 3.8) is 0 Å². The number of nitrogens with zero attached hydrogens (tertiary/aromatic N) is 2. The van der Waals surface area contributed by atoms with E-state index in [4.69, 9.17) is 4.52 Å². The van der Waals surface area contributed by atoms with E-state index < -0.39 is 0 Å². The number of hydrogen-bond donors (Lipinski definition) is 0. The molecular formula is C20H22N2O2S. The maximum atomic E-state index is 12.4. The lowest BCUT2D eigenvalue weighted by Gasteiger charge is -2.18. The van der Waals surface area contributed by atoms with Crippen LogP contribution in [0.1, 0.15) is 22.6 Å². The van der Waals surface area contributed by atoms with E-state index in [0.717, 1.165) is 22.8 Å². The monoisotopic (exact) mass is 354 g/mol. The quantitative estimate of drug-likeness (QED) is 0.661. The zero-order valence-electron chi connectivity index (χ0n) is 14.8. The molecule has 0 unspecified atom stereocenters. The van der Waals surface area contributed by atoms with Crippen LogP contribution < -0.4 is 0 Å². The van der Waals surface area contributed by atoms with E-state index in [-0.39, 0.29) is 5.91 Å². The summed E-state index contributed by atoms with van der Waals surface area (Å²) in [6, 6.07) is 14.5. The number of fused-ring (bicyclic) bond motifs is 1. The predicted molar refractivity (Wildman–Crippen MR) is 103 cm³/mol. The second-order valence-electron chi connectivity index (χ2n) is 6.18. The zero-order chi connectivity index (χ0) is 17.8. The number of carbonyl (C=O) groups excluding carboxylic acids is 1. The molecule has 2 aromatic carbocycles. The van der Waals surface area contributed by atoms with Gasteiger partial charge < -0.3 is 9.42 Å². The van der Waals surface area contributed by atoms with Gasteiger partial charge >= 0.3 is 0 Å². The summed E-state index contributed by atoms with van der Waals surface area (Å²) < 4.78 is 5.16. The zero-order valence-corrected chi connectivity index (χ0v) is 15.6. The van der Waals surface area contributed by atoms with E-state index in [1.165, 1.54) is 16.3 Å². The van der Waals surface area contributed by atoms with Crippen molar-refractivity contribution in [2.45, 2.75) is 26.1 Å². The van der Waals surface area contributed by atoms with Crippen molar-refractivity contribution in [2.24, 2.45) is 0 Å². The Labute approximate surface area is 152 Å². The number of benzene rings is 2. The Morgan fingerprint density at radius 3 is 2.68 bits per heavy atom. The molecular weight excluding hydrogens is 332 g/mol. The van der Waals surface area contributed by atoms with Gasteiger partial charge in [0.2, 0.25) is 5.91 Å². The predicted octanol–water partition coefficient (Wildman–Crippen LogP) is 4.34. The average Bonchev–Trinajstić information content (AvgIpc) is 2.94. The summed E-state index contributed by atoms with van der Waals surface area (Å²) >= 11 is 1.60. The van der Waals surface area contributed by atoms with Crippen LogP contribution in [0.3, 0.4) is 0 Å². The maximum Gasteiger partial charge on any atom is 0.232 e. The number of carbonyl (C=O) groups is 1. The van der Waals surface area contributed by atoms with Crippen LogP contribution in [0.25, 0.3) is 10.8 Å². The first-order valence-corrected chi connectivity index (χ1v) is 9.42. The highest BCUT2D eigenvalue weighted by Gasteiger charge is 2.13. The Morgan fingerprint density at radius 2 is 1.92 bits per heavy atom. The number of rotatable bonds is 6. The largest absolute Gasteiger partial charge is 0.361 e. The highest BCUT2D eigenvalue weighted by Crippen LogP contribution is 2.21. The standard InChI is InChI=1S/C20H22N2O2S/c1-14-19(15(2)24-21-14)12-25-13-20(23)22(3)11-17-9-6-8-16-7-4-5-10-18(16)17/h4-10H,11-13H2,1-3H3. The molecule has 0 spiro atoms. The number of thioether (sulfide) groups is 1. The van der Waals surface area contributed by atoms with Gasteiger partial charge in [-0.2, -0.15) is 0 Å². The molecule has 1 heterocycles. The molecule has 0 saturated carbocycles. The molecule has 0 aliphatic rings. The molecule has 0 saturated heterocycles. The summed E-state index contributed by atoms with van der Waals surface area (Å²) in [6.07, 6.45) is 0. The molecule has 4 nitrogen and oxygen atoms in total. The van der Waals surface area contributed by atoms with Gasteiger partial charge in [-0.15, -0.1) is 11.8 Å². The minimum Gasteiger partial charge on any atom is -0.361 e. The number of hydrogen-bond acceptors (Lipinski definition) is 4. The molecule has 0 bridgehead atoms. The van der Waals surface area contributed by atoms with Gasteiger partial charge in [-0.25, -0.2) is 0 Å². The minimum atomic E-state index is 0.129. The van der Waals surface area contributed by atoms with E-state index in [0.29, 0.717) is 12.3 Å². The van der Waals surface area contributed by atoms with Crippen LogP contribution in [0, 0.1) is 13.8 Å². The normalized spacial score (nSPS) is 11.0. The van der Waals surface area contributed by atoms with Crippen LogP contribution in [0.2, 0.25) is 0 Å². The summed E-state index contributed by atoms with van der Waals surface area (Å²) in [7, 11) is 1.86. The molecule has 130 valence electrons. The molecule has 1 aromatic heterocycles. The first-order chi connectivity index (χ1) is 12.1. The van der Waals surface area contributed by atoms with Crippen LogP contribution >= 0.6 is 11.8 Å². The Hall–Kier alpha value is -2.27. The van der Waals surface area contributed by atoms with Crippen LogP contribution in [-0.4, -0.2) is 28.8 Å². The number of aryl methyl sites for hydroxylation is 2. The van der Waals surface area contributed by atoms with Gasteiger partial charge in [-0.1, -0.05) is 47.6 Å². The third-order valence-corrected chi connectivity index (χ3v) is 5.31. The second-order valence-corrected chi connectivity index (χ2v) is 7.17. The van der Waals surface area contributed by atoms with Crippen molar-refractivity contribution < 1.29 is 9.32 Å². The average molecular weight is 354 g/mol. The fourth-order valence-corrected chi connectivity index (χ4v) is 3.95. The van der Waals surface area contributed by atoms with E-state index in [1.54, 1.807) is 16.7 Å². The van der Waals surface area contributed by atoms with Gasteiger partial charge in [-0.05, 0) is 30.2 Å². The minimum absolute atomic E-state index is 0.129. The topological polar surface area (TPSA) is 46.3 Å². The van der Waals surface area contributed by atoms with Gasteiger partial charge in [0.05, 0.1) is 11.4 Å². The molecule has 25 heavy (non-hydrogen) atoms. The number of amides is 1. The summed E-state index contributed by atoms with van der Waals surface area (Å²) in [5.41, 5.74) is 3.17. The summed E-state index contributed by atoms with van der Waals surface area (Å²) in [4.78, 5) is 14.2. The molecule has 0 N–H and O–H groups in total. The maximum absolute atomic E-state index is 12.4. The van der Waals surface area contributed by atoms with Gasteiger partial charge in [0.25, 0.3) is 0 Å². The highest BCUT2D eigenvalue weighted by atomic mass is 32.2. The first kappa shape index (κ1) is 17.5. The molecule has 3 rings (SSSR count). The fourth-order valence-electron chi connectivity index (χ4n) is 2.83. The molecule has 0 atom stereocenters. The summed E-state index contributed by atoms with van der Waals surface area (Å²) in [5.74, 6) is 2.16. The van der Waals surface area contributed by atoms with E-state index in [9.17, 15) is 4.79 Å². The Kier molecular flexibility index (Phi) is 5.43. The van der Waals surface area contributed by atoms with Gasteiger partial charge in [0.1, 0.15) is 5.76 Å². The summed E-state index contributed by atoms with van der Waals surface area (Å²) in [6.45, 7) is 4.46. The molecule has 0 aliphatic carbocycles. The molecule has 3 aromatic rings. The van der Waals surface area contributed by atoms with E-state index in [2.05, 4.69) is 29.4 Å². The molecule has 1 amide bonds. The molecule has 0 radical (unpaired) electrons. The van der Waals surface area contributed by atoms with Gasteiger partial charge in [-0.3, -0.25) is 4.79 Å². The van der Waals surface area contributed by atoms with Crippen LogP contribution in [0.5, 0.6) is 0 Å². The lowest BCUT2D eigenvalue weighted by Crippen LogP contribution is -2.27. The van der Waals surface area contributed by atoms with E-state index >= 15 is 0 Å². The summed E-state index contributed by atoms with van der Waals surface area (Å²) in [5, 5.41) is 6.35. The Morgan fingerprint density at radius 1 is 1.16 bits per heavy atom. The van der Waals surface area contributed by atoms with Crippen molar-refractivity contribution in [3.8, 4) is 0 Å². The van der Waals surface area contributed by atoms with Crippen molar-refractivity contribution >= 4 is 28.4 Å². The Balaban J connectivity index is 1.59. The SMILES string of the molecule is Cc1noc(C)c1CSCC(=O)N(C)Cc1cccc2ccccc12. The van der Waals surface area contributed by atoms with Crippen LogP contribution in [0.15, 0.2) is 47.0 Å². The first-order valence-electron chi connectivity index (χ1n) is 8.26. The lowest BCUT2D eigenvalue weighted by molar-refractivity contribution is -0.127. The van der Waals surface area contributed by atoms with Crippen molar-refractivity contribution in [1.29, 1.82) is 0 Å². The van der Waals surface area contributed by atoms with Crippen molar-refractivity contribution in [3.05, 3.63) is 65.0 Å². The van der Waals surface area contributed by atoms with Gasteiger partial charge in [0, 0.05) is 24.9 Å². The second kappa shape index (κ2) is 7.74. The van der Waals surface area contributed by atoms with Crippen LogP contribution in [-0.2, 0) is 17.1 Å². The van der Waals surface area contributed by atoms with Crippen LogP contribution in [0.4, 0.5) is 0 Å². The molecule has 0 fully saturated rings. The third kappa shape index (κ3) is 4.04. The Bertz CT molecular complexity index is 864. The molecule has 5 heteroatoms. The lowest BCUT2D eigenvalue weighted by atomic mass is 10.0. The van der Waals surface area contributed by atoms with E-state index in [1.807, 2.05) is 39.1 Å². The third-order valence-electron chi connectivity index (χ3n) is 4.37. The van der Waals surface area contributed by atoms with Gasteiger partial charge in [0.15, 0.2) is 0 Å². The van der Waals surface area contributed by atoms with Crippen molar-refractivity contribution in [2.75, 3.05) is 12.8 Å². The highest BCUT2D eigenvalue weighted by molar-refractivity contribution is 7.99. The fraction of sp³-hybridized carbons (Fsp3) is 0.300. The van der Waals surface area contributed by atoms with Crippen molar-refractivity contribution in [1.82, 2.24) is 10.1 Å². The number of aromatic nitrogens is 1. The smallest absolute Gasteiger partial charge is 0.232 e.